The van der Waals surface area contributed by atoms with E-state index in [0.29, 0.717) is 37.6 Å². The first-order valence-electron chi connectivity index (χ1n) is 7.49. The second kappa shape index (κ2) is 6.47. The first-order valence-corrected chi connectivity index (χ1v) is 7.49. The zero-order valence-corrected chi connectivity index (χ0v) is 12.9. The smallest absolute Gasteiger partial charge is 0.337 e. The Morgan fingerprint density at radius 2 is 1.83 bits per heavy atom. The molecule has 2 aliphatic rings. The van der Waals surface area contributed by atoms with E-state index in [4.69, 9.17) is 4.74 Å². The van der Waals surface area contributed by atoms with Crippen molar-refractivity contribution in [3.63, 3.8) is 0 Å². The largest absolute Gasteiger partial charge is 0.465 e. The first kappa shape index (κ1) is 15.6. The summed E-state index contributed by atoms with van der Waals surface area (Å²) in [5.41, 5.74) is 0.850. The average molecular weight is 318 g/mol. The van der Waals surface area contributed by atoms with Crippen LogP contribution in [0.3, 0.4) is 0 Å². The van der Waals surface area contributed by atoms with Gasteiger partial charge in [0.15, 0.2) is 0 Å². The molecule has 0 radical (unpaired) electrons. The van der Waals surface area contributed by atoms with E-state index >= 15 is 0 Å². The van der Waals surface area contributed by atoms with E-state index < -0.39 is 12.0 Å². The Morgan fingerprint density at radius 1 is 1.17 bits per heavy atom. The number of carbonyl (C=O) groups excluding carboxylic acids is 3. The van der Waals surface area contributed by atoms with E-state index in [1.165, 1.54) is 12.0 Å². The van der Waals surface area contributed by atoms with Crippen LogP contribution in [0.2, 0.25) is 0 Å². The number of hydrogen-bond acceptors (Lipinski definition) is 6. The Balaban J connectivity index is 1.78. The third kappa shape index (κ3) is 2.97. The van der Waals surface area contributed by atoms with Crippen LogP contribution in [0, 0.1) is 0 Å². The Bertz CT molecular complexity index is 622. The molecule has 122 valence electrons. The number of imide groups is 1. The summed E-state index contributed by atoms with van der Waals surface area (Å²) < 4.78 is 9.92. The Labute approximate surface area is 133 Å². The van der Waals surface area contributed by atoms with Crippen LogP contribution >= 0.6 is 0 Å². The molecule has 2 fully saturated rings. The Hall–Kier alpha value is -2.25. The topological polar surface area (TPSA) is 76.2 Å². The van der Waals surface area contributed by atoms with Crippen LogP contribution in [-0.2, 0) is 19.1 Å². The number of amides is 2. The quantitative estimate of drug-likeness (QED) is 0.594. The molecule has 0 saturated carbocycles. The van der Waals surface area contributed by atoms with Crippen molar-refractivity contribution in [2.24, 2.45) is 0 Å². The molecule has 0 aromatic heterocycles. The zero-order chi connectivity index (χ0) is 16.4. The van der Waals surface area contributed by atoms with Gasteiger partial charge in [-0.3, -0.25) is 14.5 Å². The number of ether oxygens (including phenoxy) is 2. The lowest BCUT2D eigenvalue weighted by Gasteiger charge is -2.30. The molecule has 0 spiro atoms. The predicted molar refractivity (Wildman–Crippen MR) is 81.1 cm³/mol. The van der Waals surface area contributed by atoms with Crippen molar-refractivity contribution in [1.29, 1.82) is 0 Å². The van der Waals surface area contributed by atoms with Gasteiger partial charge in [0.25, 0.3) is 5.91 Å². The monoisotopic (exact) mass is 318 g/mol. The third-order valence-corrected chi connectivity index (χ3v) is 4.16. The predicted octanol–water partition coefficient (Wildman–Crippen LogP) is 0.437. The highest BCUT2D eigenvalue weighted by atomic mass is 16.5. The summed E-state index contributed by atoms with van der Waals surface area (Å²) >= 11 is 0. The number of morpholine rings is 1. The van der Waals surface area contributed by atoms with Gasteiger partial charge in [0.05, 0.1) is 44.0 Å². The van der Waals surface area contributed by atoms with Gasteiger partial charge < -0.3 is 9.47 Å². The van der Waals surface area contributed by atoms with Gasteiger partial charge in [-0.05, 0) is 24.3 Å². The normalized spacial score (nSPS) is 22.5. The molecular weight excluding hydrogens is 300 g/mol. The number of methoxy groups -OCH3 is 1. The molecule has 0 bridgehead atoms. The molecule has 1 atom stereocenters. The fourth-order valence-corrected chi connectivity index (χ4v) is 2.93. The van der Waals surface area contributed by atoms with Gasteiger partial charge >= 0.3 is 5.97 Å². The van der Waals surface area contributed by atoms with Gasteiger partial charge in [-0.25, -0.2) is 9.69 Å². The van der Waals surface area contributed by atoms with Crippen molar-refractivity contribution in [3.05, 3.63) is 29.8 Å². The minimum atomic E-state index is -0.457. The van der Waals surface area contributed by atoms with Gasteiger partial charge in [0, 0.05) is 13.1 Å². The minimum absolute atomic E-state index is 0.178. The van der Waals surface area contributed by atoms with Crippen molar-refractivity contribution < 1.29 is 23.9 Å². The van der Waals surface area contributed by atoms with Crippen LogP contribution in [0.1, 0.15) is 16.8 Å². The van der Waals surface area contributed by atoms with E-state index in [9.17, 15) is 14.4 Å². The van der Waals surface area contributed by atoms with Crippen LogP contribution in [0.5, 0.6) is 0 Å². The average Bonchev–Trinajstić information content (AvgIpc) is 2.89. The number of esters is 1. The van der Waals surface area contributed by atoms with Gasteiger partial charge in [0.1, 0.15) is 0 Å². The lowest BCUT2D eigenvalue weighted by molar-refractivity contribution is -0.123. The molecule has 23 heavy (non-hydrogen) atoms. The van der Waals surface area contributed by atoms with E-state index in [1.807, 2.05) is 4.90 Å². The number of carbonyl (C=O) groups is 3. The molecule has 3 rings (SSSR count). The number of anilines is 1. The standard InChI is InChI=1S/C16H18N2O5/c1-22-16(21)11-2-4-12(5-3-11)18-14(19)10-13(15(18)20)17-6-8-23-9-7-17/h2-5,13H,6-10H2,1H3/t13-/m1/s1. The summed E-state index contributed by atoms with van der Waals surface area (Å²) in [6.45, 7) is 2.45. The maximum atomic E-state index is 12.6. The SMILES string of the molecule is COC(=O)c1ccc(N2C(=O)C[C@@H](N3CCOCC3)C2=O)cc1. The van der Waals surface area contributed by atoms with E-state index in [-0.39, 0.29) is 18.2 Å². The third-order valence-electron chi connectivity index (χ3n) is 4.16. The van der Waals surface area contributed by atoms with Crippen molar-refractivity contribution in [3.8, 4) is 0 Å². The molecular formula is C16H18N2O5. The molecule has 0 aliphatic carbocycles. The molecule has 0 N–H and O–H groups in total. The lowest BCUT2D eigenvalue weighted by atomic mass is 10.2. The van der Waals surface area contributed by atoms with E-state index in [1.54, 1.807) is 24.3 Å². The summed E-state index contributed by atoms with van der Waals surface area (Å²) in [7, 11) is 1.30. The maximum absolute atomic E-state index is 12.6. The molecule has 2 amide bonds. The summed E-state index contributed by atoms with van der Waals surface area (Å²) in [6, 6.07) is 5.84. The second-order valence-electron chi connectivity index (χ2n) is 5.47. The molecule has 7 heteroatoms. The number of benzene rings is 1. The number of nitrogens with zero attached hydrogens (tertiary/aromatic N) is 2. The molecule has 2 heterocycles. The maximum Gasteiger partial charge on any atom is 0.337 e. The van der Waals surface area contributed by atoms with Crippen LogP contribution < -0.4 is 4.90 Å². The van der Waals surface area contributed by atoms with E-state index in [2.05, 4.69) is 4.74 Å². The summed E-state index contributed by atoms with van der Waals surface area (Å²) in [6.07, 6.45) is 0.178. The lowest BCUT2D eigenvalue weighted by Crippen LogP contribution is -2.47. The van der Waals surface area contributed by atoms with Crippen LogP contribution in [0.15, 0.2) is 24.3 Å². The second-order valence-corrected chi connectivity index (χ2v) is 5.47. The Morgan fingerprint density at radius 3 is 2.43 bits per heavy atom. The molecule has 2 aliphatic heterocycles. The van der Waals surface area contributed by atoms with Gasteiger partial charge in [-0.1, -0.05) is 0 Å². The van der Waals surface area contributed by atoms with Crippen molar-refractivity contribution in [2.75, 3.05) is 38.3 Å². The van der Waals surface area contributed by atoms with Crippen LogP contribution in [-0.4, -0.2) is 62.1 Å². The minimum Gasteiger partial charge on any atom is -0.465 e. The fourth-order valence-electron chi connectivity index (χ4n) is 2.93. The van der Waals surface area contributed by atoms with Crippen molar-refractivity contribution >= 4 is 23.5 Å². The molecule has 7 nitrogen and oxygen atoms in total. The van der Waals surface area contributed by atoms with Gasteiger partial charge in [-0.2, -0.15) is 0 Å². The Kier molecular flexibility index (Phi) is 4.40. The zero-order valence-electron chi connectivity index (χ0n) is 12.9. The molecule has 0 unspecified atom stereocenters. The van der Waals surface area contributed by atoms with Gasteiger partial charge in [-0.15, -0.1) is 0 Å². The summed E-state index contributed by atoms with van der Waals surface area (Å²) in [5, 5.41) is 0. The highest BCUT2D eigenvalue weighted by Crippen LogP contribution is 2.26. The fraction of sp³-hybridized carbons (Fsp3) is 0.438. The van der Waals surface area contributed by atoms with E-state index in [0.717, 1.165) is 0 Å². The molecule has 1 aromatic rings. The highest BCUT2D eigenvalue weighted by Gasteiger charge is 2.42. The van der Waals surface area contributed by atoms with Crippen LogP contribution in [0.4, 0.5) is 5.69 Å². The van der Waals surface area contributed by atoms with Crippen molar-refractivity contribution in [1.82, 2.24) is 4.90 Å². The van der Waals surface area contributed by atoms with Crippen molar-refractivity contribution in [2.45, 2.75) is 12.5 Å². The number of hydrogen-bond donors (Lipinski definition) is 0. The highest BCUT2D eigenvalue weighted by molar-refractivity contribution is 6.22. The molecule has 2 saturated heterocycles. The van der Waals surface area contributed by atoms with Gasteiger partial charge in [0.2, 0.25) is 5.91 Å². The summed E-state index contributed by atoms with van der Waals surface area (Å²) in [4.78, 5) is 39.5. The molecule has 1 aromatic carbocycles. The number of rotatable bonds is 3. The summed E-state index contributed by atoms with van der Waals surface area (Å²) in [5.74, 6) is -0.901. The first-order chi connectivity index (χ1) is 11.1. The van der Waals surface area contributed by atoms with Crippen LogP contribution in [0.25, 0.3) is 0 Å².